The first-order valence-electron chi connectivity index (χ1n) is 6.62. The third kappa shape index (κ3) is 2.57. The molecule has 0 fully saturated rings. The molecule has 1 aromatic carbocycles. The summed E-state index contributed by atoms with van der Waals surface area (Å²) in [6.07, 6.45) is 2.17. The number of rotatable bonds is 4. The molecule has 106 valence electrons. The predicted molar refractivity (Wildman–Crippen MR) is 79.0 cm³/mol. The summed E-state index contributed by atoms with van der Waals surface area (Å²) in [4.78, 5) is 10.2. The van der Waals surface area contributed by atoms with E-state index in [2.05, 4.69) is 9.97 Å². The summed E-state index contributed by atoms with van der Waals surface area (Å²) in [5, 5.41) is 0. The lowest BCUT2D eigenvalue weighted by Gasteiger charge is -2.28. The van der Waals surface area contributed by atoms with Gasteiger partial charge in [0.1, 0.15) is 23.8 Å². The Bertz CT molecular complexity index is 600. The monoisotopic (exact) mass is 274 g/mol. The van der Waals surface area contributed by atoms with Gasteiger partial charge < -0.3 is 10.6 Å². The molecule has 0 amide bonds. The summed E-state index contributed by atoms with van der Waals surface area (Å²) in [5.74, 6) is 1.01. The molecule has 0 saturated carbocycles. The Morgan fingerprint density at radius 3 is 2.65 bits per heavy atom. The molecule has 0 spiro atoms. The van der Waals surface area contributed by atoms with E-state index >= 15 is 0 Å². The van der Waals surface area contributed by atoms with Gasteiger partial charge in [0.2, 0.25) is 0 Å². The van der Waals surface area contributed by atoms with Crippen LogP contribution in [0.25, 0.3) is 0 Å². The van der Waals surface area contributed by atoms with Crippen LogP contribution >= 0.6 is 0 Å². The highest BCUT2D eigenvalue weighted by Crippen LogP contribution is 2.29. The Morgan fingerprint density at radius 2 is 2.00 bits per heavy atom. The molecule has 0 aliphatic carbocycles. The van der Waals surface area contributed by atoms with E-state index in [0.717, 1.165) is 17.8 Å². The molecule has 1 aromatic heterocycles. The topological polar surface area (TPSA) is 55.0 Å². The third-order valence-electron chi connectivity index (χ3n) is 3.58. The van der Waals surface area contributed by atoms with Gasteiger partial charge in [0.05, 0.1) is 6.04 Å². The fraction of sp³-hybridized carbons (Fsp3) is 0.333. The van der Waals surface area contributed by atoms with Crippen molar-refractivity contribution in [3.8, 4) is 0 Å². The van der Waals surface area contributed by atoms with Crippen molar-refractivity contribution in [1.82, 2.24) is 9.97 Å². The molecule has 2 aromatic rings. The number of halogens is 1. The van der Waals surface area contributed by atoms with Crippen molar-refractivity contribution < 1.29 is 4.39 Å². The van der Waals surface area contributed by atoms with Crippen LogP contribution in [0, 0.1) is 5.82 Å². The van der Waals surface area contributed by atoms with Gasteiger partial charge in [-0.3, -0.25) is 0 Å². The van der Waals surface area contributed by atoms with Crippen LogP contribution in [0.3, 0.4) is 0 Å². The number of nitrogens with two attached hydrogens (primary N) is 1. The minimum absolute atomic E-state index is 0.143. The summed E-state index contributed by atoms with van der Waals surface area (Å²) < 4.78 is 13.9. The van der Waals surface area contributed by atoms with E-state index in [4.69, 9.17) is 5.73 Å². The minimum Gasteiger partial charge on any atom is -0.383 e. The summed E-state index contributed by atoms with van der Waals surface area (Å²) in [5.41, 5.74) is 7.41. The van der Waals surface area contributed by atoms with Gasteiger partial charge in [-0.05, 0) is 19.4 Å². The number of aromatic nitrogens is 2. The molecule has 0 aliphatic heterocycles. The van der Waals surface area contributed by atoms with Crippen LogP contribution in [0.15, 0.2) is 30.6 Å². The maximum absolute atomic E-state index is 13.9. The van der Waals surface area contributed by atoms with Crippen molar-refractivity contribution in [2.75, 3.05) is 17.7 Å². The zero-order valence-electron chi connectivity index (χ0n) is 12.0. The van der Waals surface area contributed by atoms with Crippen molar-refractivity contribution in [2.24, 2.45) is 0 Å². The molecule has 20 heavy (non-hydrogen) atoms. The Hall–Kier alpha value is -2.17. The first kappa shape index (κ1) is 14.2. The molecule has 2 rings (SSSR count). The van der Waals surface area contributed by atoms with Gasteiger partial charge in [-0.25, -0.2) is 14.4 Å². The summed E-state index contributed by atoms with van der Waals surface area (Å²) in [6.45, 7) is 3.94. The minimum atomic E-state index is -0.216. The summed E-state index contributed by atoms with van der Waals surface area (Å²) in [6, 6.07) is 6.63. The molecular weight excluding hydrogens is 255 g/mol. The highest BCUT2D eigenvalue weighted by Gasteiger charge is 2.19. The fourth-order valence-corrected chi connectivity index (χ4v) is 2.27. The first-order chi connectivity index (χ1) is 9.56. The molecule has 0 bridgehead atoms. The normalized spacial score (nSPS) is 12.2. The lowest BCUT2D eigenvalue weighted by molar-refractivity contribution is 0.583. The Morgan fingerprint density at radius 1 is 1.30 bits per heavy atom. The molecule has 1 unspecified atom stereocenters. The molecule has 4 nitrogen and oxygen atoms in total. The SMILES string of the molecule is CCc1c(N)ncnc1N(C)C(C)c1ccccc1F. The van der Waals surface area contributed by atoms with E-state index in [1.54, 1.807) is 12.1 Å². The summed E-state index contributed by atoms with van der Waals surface area (Å²) >= 11 is 0. The first-order valence-corrected chi connectivity index (χ1v) is 6.62. The van der Waals surface area contributed by atoms with Crippen molar-refractivity contribution in [3.05, 3.63) is 47.5 Å². The number of benzene rings is 1. The average molecular weight is 274 g/mol. The second-order valence-corrected chi connectivity index (χ2v) is 4.72. The maximum Gasteiger partial charge on any atom is 0.137 e. The second-order valence-electron chi connectivity index (χ2n) is 4.72. The molecule has 0 saturated heterocycles. The van der Waals surface area contributed by atoms with Crippen molar-refractivity contribution >= 4 is 11.6 Å². The van der Waals surface area contributed by atoms with Crippen LogP contribution in [0.5, 0.6) is 0 Å². The Balaban J connectivity index is 2.39. The van der Waals surface area contributed by atoms with E-state index in [9.17, 15) is 4.39 Å². The number of hydrogen-bond acceptors (Lipinski definition) is 4. The van der Waals surface area contributed by atoms with Crippen LogP contribution < -0.4 is 10.6 Å². The van der Waals surface area contributed by atoms with Crippen LogP contribution in [-0.4, -0.2) is 17.0 Å². The van der Waals surface area contributed by atoms with E-state index in [0.29, 0.717) is 11.4 Å². The predicted octanol–water partition coefficient (Wildman–Crippen LogP) is 2.96. The number of anilines is 2. The van der Waals surface area contributed by atoms with Gasteiger partial charge in [0.25, 0.3) is 0 Å². The summed E-state index contributed by atoms with van der Waals surface area (Å²) in [7, 11) is 1.89. The number of nitrogens with zero attached hydrogens (tertiary/aromatic N) is 3. The zero-order chi connectivity index (χ0) is 14.7. The van der Waals surface area contributed by atoms with E-state index in [1.807, 2.05) is 31.9 Å². The van der Waals surface area contributed by atoms with Gasteiger partial charge in [0, 0.05) is 18.2 Å². The van der Waals surface area contributed by atoms with Gasteiger partial charge in [-0.1, -0.05) is 25.1 Å². The zero-order valence-corrected chi connectivity index (χ0v) is 12.0. The van der Waals surface area contributed by atoms with Gasteiger partial charge >= 0.3 is 0 Å². The Labute approximate surface area is 118 Å². The molecule has 5 heteroatoms. The molecule has 2 N–H and O–H groups in total. The largest absolute Gasteiger partial charge is 0.383 e. The van der Waals surface area contributed by atoms with E-state index in [-0.39, 0.29) is 11.9 Å². The van der Waals surface area contributed by atoms with Crippen molar-refractivity contribution in [3.63, 3.8) is 0 Å². The Kier molecular flexibility index (Phi) is 4.17. The molecule has 1 atom stereocenters. The maximum atomic E-state index is 13.9. The van der Waals surface area contributed by atoms with Crippen LogP contribution in [0.1, 0.15) is 31.0 Å². The van der Waals surface area contributed by atoms with Gasteiger partial charge in [-0.15, -0.1) is 0 Å². The third-order valence-corrected chi connectivity index (χ3v) is 3.58. The smallest absolute Gasteiger partial charge is 0.137 e. The fourth-order valence-electron chi connectivity index (χ4n) is 2.27. The highest BCUT2D eigenvalue weighted by atomic mass is 19.1. The van der Waals surface area contributed by atoms with E-state index < -0.39 is 0 Å². The van der Waals surface area contributed by atoms with Crippen LogP contribution in [0.2, 0.25) is 0 Å². The lowest BCUT2D eigenvalue weighted by atomic mass is 10.1. The standard InChI is InChI=1S/C15H19FN4/c1-4-11-14(17)18-9-19-15(11)20(3)10(2)12-7-5-6-8-13(12)16/h5-10H,4H2,1-3H3,(H2,17,18,19). The average Bonchev–Trinajstić information content (AvgIpc) is 2.46. The van der Waals surface area contributed by atoms with Crippen molar-refractivity contribution in [2.45, 2.75) is 26.3 Å². The van der Waals surface area contributed by atoms with Gasteiger partial charge in [0.15, 0.2) is 0 Å². The quantitative estimate of drug-likeness (QED) is 0.931. The van der Waals surface area contributed by atoms with E-state index in [1.165, 1.54) is 12.4 Å². The van der Waals surface area contributed by atoms with Gasteiger partial charge in [-0.2, -0.15) is 0 Å². The lowest BCUT2D eigenvalue weighted by Crippen LogP contribution is -2.25. The van der Waals surface area contributed by atoms with Crippen LogP contribution in [-0.2, 0) is 6.42 Å². The molecule has 0 aliphatic rings. The second kappa shape index (κ2) is 5.86. The highest BCUT2D eigenvalue weighted by molar-refractivity contribution is 5.57. The number of hydrogen-bond donors (Lipinski definition) is 1. The van der Waals surface area contributed by atoms with Crippen LogP contribution in [0.4, 0.5) is 16.0 Å². The van der Waals surface area contributed by atoms with Crippen molar-refractivity contribution in [1.29, 1.82) is 0 Å². The molecule has 0 radical (unpaired) electrons. The number of nitrogen functional groups attached to an aromatic ring is 1. The molecular formula is C15H19FN4. The molecule has 1 heterocycles.